The van der Waals surface area contributed by atoms with E-state index in [0.29, 0.717) is 32.7 Å². The van der Waals surface area contributed by atoms with E-state index in [4.69, 9.17) is 10.5 Å². The van der Waals surface area contributed by atoms with E-state index in [1.54, 1.807) is 4.90 Å². The number of carbonyl (C=O) groups excluding carboxylic acids is 2. The number of nitrogens with zero attached hydrogens (tertiary/aromatic N) is 1. The predicted molar refractivity (Wildman–Crippen MR) is 141 cm³/mol. The summed E-state index contributed by atoms with van der Waals surface area (Å²) in [6.45, 7) is 2.20. The molecule has 0 saturated carbocycles. The van der Waals surface area contributed by atoms with Crippen LogP contribution in [0.4, 0.5) is 0 Å². The summed E-state index contributed by atoms with van der Waals surface area (Å²) in [5.41, 5.74) is 9.78. The van der Waals surface area contributed by atoms with Crippen molar-refractivity contribution < 1.29 is 14.3 Å². The molecular formula is C30H35N3O3. The number of fused-ring (bicyclic) bond motifs is 1. The maximum atomic E-state index is 13.4. The van der Waals surface area contributed by atoms with Crippen molar-refractivity contribution in [3.05, 3.63) is 101 Å². The van der Waals surface area contributed by atoms with Gasteiger partial charge in [-0.2, -0.15) is 0 Å². The fourth-order valence-corrected chi connectivity index (χ4v) is 4.52. The Labute approximate surface area is 213 Å². The second kappa shape index (κ2) is 12.9. The van der Waals surface area contributed by atoms with Gasteiger partial charge in [-0.25, -0.2) is 0 Å². The third-order valence-corrected chi connectivity index (χ3v) is 6.58. The van der Waals surface area contributed by atoms with E-state index in [1.165, 1.54) is 0 Å². The second-order valence-corrected chi connectivity index (χ2v) is 9.25. The molecule has 1 unspecified atom stereocenters. The minimum absolute atomic E-state index is 0.0502. The SMILES string of the molecule is NCCCCCNC(=O)C1Cc2ccccc2CN1C(=O)Cc1ccc(OCc2ccccc2)cc1. The molecule has 0 bridgehead atoms. The minimum atomic E-state index is -0.504. The Morgan fingerprint density at radius 1 is 0.861 bits per heavy atom. The van der Waals surface area contributed by atoms with Gasteiger partial charge in [-0.05, 0) is 53.8 Å². The van der Waals surface area contributed by atoms with Crippen molar-refractivity contribution in [2.75, 3.05) is 13.1 Å². The van der Waals surface area contributed by atoms with Crippen LogP contribution in [0.5, 0.6) is 5.75 Å². The van der Waals surface area contributed by atoms with E-state index < -0.39 is 6.04 Å². The molecule has 3 aromatic rings. The van der Waals surface area contributed by atoms with Gasteiger partial charge in [0.2, 0.25) is 11.8 Å². The Morgan fingerprint density at radius 3 is 2.33 bits per heavy atom. The molecule has 2 amide bonds. The summed E-state index contributed by atoms with van der Waals surface area (Å²) in [6, 6.07) is 25.2. The lowest BCUT2D eigenvalue weighted by atomic mass is 9.92. The molecule has 3 aromatic carbocycles. The Morgan fingerprint density at radius 2 is 1.58 bits per heavy atom. The van der Waals surface area contributed by atoms with Crippen LogP contribution in [0.15, 0.2) is 78.9 Å². The third-order valence-electron chi connectivity index (χ3n) is 6.58. The number of carbonyl (C=O) groups is 2. The van der Waals surface area contributed by atoms with E-state index in [-0.39, 0.29) is 18.2 Å². The highest BCUT2D eigenvalue weighted by Gasteiger charge is 2.34. The van der Waals surface area contributed by atoms with Crippen molar-refractivity contribution in [3.8, 4) is 5.75 Å². The molecule has 6 nitrogen and oxygen atoms in total. The molecule has 1 atom stereocenters. The van der Waals surface area contributed by atoms with E-state index in [2.05, 4.69) is 5.32 Å². The number of ether oxygens (including phenoxy) is 1. The average molecular weight is 486 g/mol. The third kappa shape index (κ3) is 6.95. The van der Waals surface area contributed by atoms with Gasteiger partial charge in [-0.1, -0.05) is 73.2 Å². The summed E-state index contributed by atoms with van der Waals surface area (Å²) in [4.78, 5) is 28.2. The molecule has 1 aliphatic heterocycles. The summed E-state index contributed by atoms with van der Waals surface area (Å²) < 4.78 is 5.86. The number of nitrogens with one attached hydrogen (secondary N) is 1. The van der Waals surface area contributed by atoms with Crippen molar-refractivity contribution >= 4 is 11.8 Å². The van der Waals surface area contributed by atoms with Gasteiger partial charge in [-0.15, -0.1) is 0 Å². The Bertz CT molecular complexity index is 1130. The number of benzene rings is 3. The van der Waals surface area contributed by atoms with Gasteiger partial charge in [-0.3, -0.25) is 9.59 Å². The summed E-state index contributed by atoms with van der Waals surface area (Å²) in [7, 11) is 0. The van der Waals surface area contributed by atoms with Crippen molar-refractivity contribution in [3.63, 3.8) is 0 Å². The highest BCUT2D eigenvalue weighted by molar-refractivity contribution is 5.89. The molecule has 0 saturated heterocycles. The molecular weight excluding hydrogens is 450 g/mol. The molecule has 0 aromatic heterocycles. The van der Waals surface area contributed by atoms with Crippen LogP contribution in [0.1, 0.15) is 41.5 Å². The van der Waals surface area contributed by atoms with Crippen LogP contribution in [0, 0.1) is 0 Å². The topological polar surface area (TPSA) is 84.7 Å². The van der Waals surface area contributed by atoms with Gasteiger partial charge >= 0.3 is 0 Å². The number of rotatable bonds is 11. The average Bonchev–Trinajstić information content (AvgIpc) is 2.92. The summed E-state index contributed by atoms with van der Waals surface area (Å²) >= 11 is 0. The maximum absolute atomic E-state index is 13.4. The number of nitrogens with two attached hydrogens (primary N) is 1. The fourth-order valence-electron chi connectivity index (χ4n) is 4.52. The van der Waals surface area contributed by atoms with Crippen molar-refractivity contribution in [2.45, 2.75) is 51.3 Å². The van der Waals surface area contributed by atoms with Gasteiger partial charge in [0.15, 0.2) is 0 Å². The highest BCUT2D eigenvalue weighted by Crippen LogP contribution is 2.25. The number of unbranched alkanes of at least 4 members (excludes halogenated alkanes) is 2. The first kappa shape index (κ1) is 25.5. The van der Waals surface area contributed by atoms with Crippen LogP contribution < -0.4 is 15.8 Å². The Hall–Kier alpha value is -3.64. The van der Waals surface area contributed by atoms with Crippen molar-refractivity contribution in [1.82, 2.24) is 10.2 Å². The molecule has 0 radical (unpaired) electrons. The maximum Gasteiger partial charge on any atom is 0.243 e. The highest BCUT2D eigenvalue weighted by atomic mass is 16.5. The second-order valence-electron chi connectivity index (χ2n) is 9.25. The molecule has 36 heavy (non-hydrogen) atoms. The van der Waals surface area contributed by atoms with Crippen LogP contribution in [-0.4, -0.2) is 35.8 Å². The molecule has 1 heterocycles. The van der Waals surface area contributed by atoms with Crippen molar-refractivity contribution in [2.24, 2.45) is 5.73 Å². The lowest BCUT2D eigenvalue weighted by Gasteiger charge is -2.36. The number of hydrogen-bond donors (Lipinski definition) is 2. The monoisotopic (exact) mass is 485 g/mol. The summed E-state index contributed by atoms with van der Waals surface area (Å²) in [5.74, 6) is 0.620. The first-order valence-corrected chi connectivity index (χ1v) is 12.7. The molecule has 3 N–H and O–H groups in total. The van der Waals surface area contributed by atoms with Gasteiger partial charge in [0.05, 0.1) is 6.42 Å². The number of hydrogen-bond acceptors (Lipinski definition) is 4. The molecule has 4 rings (SSSR count). The largest absolute Gasteiger partial charge is 0.489 e. The van der Waals surface area contributed by atoms with Gasteiger partial charge in [0, 0.05) is 19.5 Å². The lowest BCUT2D eigenvalue weighted by molar-refractivity contribution is -0.141. The predicted octanol–water partition coefficient (Wildman–Crippen LogP) is 4.01. The lowest BCUT2D eigenvalue weighted by Crippen LogP contribution is -2.53. The van der Waals surface area contributed by atoms with E-state index >= 15 is 0 Å². The smallest absolute Gasteiger partial charge is 0.243 e. The van der Waals surface area contributed by atoms with E-state index in [9.17, 15) is 9.59 Å². The minimum Gasteiger partial charge on any atom is -0.489 e. The van der Waals surface area contributed by atoms with Gasteiger partial charge in [0.25, 0.3) is 0 Å². The zero-order chi connectivity index (χ0) is 25.2. The normalized spacial score (nSPS) is 14.7. The fraction of sp³-hybridized carbons (Fsp3) is 0.333. The molecule has 0 fully saturated rings. The van der Waals surface area contributed by atoms with Crippen molar-refractivity contribution in [1.29, 1.82) is 0 Å². The van der Waals surface area contributed by atoms with Crippen LogP contribution in [0.2, 0.25) is 0 Å². The molecule has 188 valence electrons. The quantitative estimate of drug-likeness (QED) is 0.402. The Balaban J connectivity index is 1.38. The first-order valence-electron chi connectivity index (χ1n) is 12.7. The zero-order valence-electron chi connectivity index (χ0n) is 20.7. The van der Waals surface area contributed by atoms with Crippen LogP contribution in [-0.2, 0) is 35.6 Å². The van der Waals surface area contributed by atoms with Crippen LogP contribution in [0.3, 0.4) is 0 Å². The summed E-state index contributed by atoms with van der Waals surface area (Å²) in [5, 5.41) is 3.04. The molecule has 6 heteroatoms. The summed E-state index contributed by atoms with van der Waals surface area (Å²) in [6.07, 6.45) is 3.59. The van der Waals surface area contributed by atoms with Gasteiger partial charge in [0.1, 0.15) is 18.4 Å². The van der Waals surface area contributed by atoms with Gasteiger partial charge < -0.3 is 20.7 Å². The van der Waals surface area contributed by atoms with E-state index in [0.717, 1.165) is 47.3 Å². The Kier molecular flexibility index (Phi) is 9.11. The van der Waals surface area contributed by atoms with Crippen LogP contribution in [0.25, 0.3) is 0 Å². The molecule has 1 aliphatic rings. The zero-order valence-corrected chi connectivity index (χ0v) is 20.7. The van der Waals surface area contributed by atoms with E-state index in [1.807, 2.05) is 78.9 Å². The standard InChI is InChI=1S/C30H35N3O3/c31-17-7-2-8-18-32-30(35)28-20-25-11-5-6-12-26(25)21-33(28)29(34)19-23-13-15-27(16-14-23)36-22-24-9-3-1-4-10-24/h1,3-6,9-16,28H,2,7-8,17-22,31H2,(H,32,35). The number of amides is 2. The molecule has 0 aliphatic carbocycles. The van der Waals surface area contributed by atoms with Crippen LogP contribution >= 0.6 is 0 Å². The first-order chi connectivity index (χ1) is 17.6. The molecule has 0 spiro atoms.